The van der Waals surface area contributed by atoms with Crippen LogP contribution in [0.4, 0.5) is 4.39 Å². The number of halogens is 1. The van der Waals surface area contributed by atoms with Gasteiger partial charge in [0.1, 0.15) is 5.82 Å². The van der Waals surface area contributed by atoms with E-state index in [4.69, 9.17) is 5.11 Å². The molecule has 0 aliphatic heterocycles. The highest BCUT2D eigenvalue weighted by Crippen LogP contribution is 2.22. The van der Waals surface area contributed by atoms with Gasteiger partial charge in [-0.25, -0.2) is 4.39 Å². The van der Waals surface area contributed by atoms with Crippen LogP contribution in [0.3, 0.4) is 0 Å². The molecule has 3 heteroatoms. The smallest absolute Gasteiger partial charge is 0.189 e. The number of aryl methyl sites for hydroxylation is 1. The third-order valence-corrected chi connectivity index (χ3v) is 1.89. The van der Waals surface area contributed by atoms with Gasteiger partial charge in [0, 0.05) is 11.5 Å². The number of rotatable bonds is 0. The van der Waals surface area contributed by atoms with Crippen molar-refractivity contribution in [3.63, 3.8) is 0 Å². The molecule has 0 aliphatic carbocycles. The van der Waals surface area contributed by atoms with Gasteiger partial charge in [-0.05, 0) is 24.6 Å². The van der Waals surface area contributed by atoms with Gasteiger partial charge in [-0.15, -0.1) is 0 Å². The highest BCUT2D eigenvalue weighted by atomic mass is 19.1. The second-order valence-electron chi connectivity index (χ2n) is 2.84. The van der Waals surface area contributed by atoms with E-state index in [1.807, 2.05) is 0 Å². The highest BCUT2D eigenvalue weighted by Gasteiger charge is 2.03. The van der Waals surface area contributed by atoms with Crippen molar-refractivity contribution in [2.45, 2.75) is 6.92 Å². The van der Waals surface area contributed by atoms with E-state index < -0.39 is 0 Å². The van der Waals surface area contributed by atoms with Gasteiger partial charge in [0.25, 0.3) is 0 Å². The standard InChI is InChI=1S/C9H8FNO/c1-5-2-6-3-9(12)11-8(6)4-7(5)10/h2-4,11-12H,1H3. The molecule has 2 nitrogen and oxygen atoms in total. The minimum atomic E-state index is -0.260. The van der Waals surface area contributed by atoms with E-state index >= 15 is 0 Å². The van der Waals surface area contributed by atoms with Crippen LogP contribution in [0.5, 0.6) is 5.88 Å². The Balaban J connectivity index is 2.83. The number of nitrogens with one attached hydrogen (secondary N) is 1. The lowest BCUT2D eigenvalue weighted by Gasteiger charge is -1.94. The molecule has 0 amide bonds. The lowest BCUT2D eigenvalue weighted by Crippen LogP contribution is -1.80. The second-order valence-corrected chi connectivity index (χ2v) is 2.84. The van der Waals surface area contributed by atoms with E-state index in [2.05, 4.69) is 4.98 Å². The van der Waals surface area contributed by atoms with Crippen molar-refractivity contribution in [2.75, 3.05) is 0 Å². The number of hydrogen-bond acceptors (Lipinski definition) is 1. The van der Waals surface area contributed by atoms with E-state index in [0.717, 1.165) is 5.39 Å². The summed E-state index contributed by atoms with van der Waals surface area (Å²) in [7, 11) is 0. The molecule has 0 radical (unpaired) electrons. The summed E-state index contributed by atoms with van der Waals surface area (Å²) in [5.41, 5.74) is 1.21. The van der Waals surface area contributed by atoms with Gasteiger partial charge in [0.15, 0.2) is 5.88 Å². The Morgan fingerprint density at radius 3 is 2.83 bits per heavy atom. The van der Waals surface area contributed by atoms with Crippen molar-refractivity contribution in [1.82, 2.24) is 4.98 Å². The molecule has 2 rings (SSSR count). The number of benzene rings is 1. The molecule has 0 bridgehead atoms. The minimum absolute atomic E-state index is 0.0648. The summed E-state index contributed by atoms with van der Waals surface area (Å²) in [6, 6.07) is 4.65. The van der Waals surface area contributed by atoms with Crippen LogP contribution in [-0.4, -0.2) is 10.1 Å². The zero-order valence-electron chi connectivity index (χ0n) is 6.56. The van der Waals surface area contributed by atoms with Crippen LogP contribution in [-0.2, 0) is 0 Å². The van der Waals surface area contributed by atoms with Gasteiger partial charge in [-0.1, -0.05) is 0 Å². The summed E-state index contributed by atoms with van der Waals surface area (Å²) < 4.78 is 13.0. The Hall–Kier alpha value is -1.51. The van der Waals surface area contributed by atoms with Crippen molar-refractivity contribution in [3.8, 4) is 5.88 Å². The fraction of sp³-hybridized carbons (Fsp3) is 0.111. The van der Waals surface area contributed by atoms with Crippen molar-refractivity contribution in [1.29, 1.82) is 0 Å². The number of H-pyrrole nitrogens is 1. The second kappa shape index (κ2) is 2.24. The number of fused-ring (bicyclic) bond motifs is 1. The van der Waals surface area contributed by atoms with Gasteiger partial charge in [0.05, 0.1) is 5.52 Å². The molecule has 1 aromatic heterocycles. The summed E-state index contributed by atoms with van der Waals surface area (Å²) in [5, 5.41) is 9.89. The largest absolute Gasteiger partial charge is 0.495 e. The van der Waals surface area contributed by atoms with Gasteiger partial charge in [0.2, 0.25) is 0 Å². The first-order chi connectivity index (χ1) is 5.66. The van der Waals surface area contributed by atoms with Crippen LogP contribution in [0, 0.1) is 12.7 Å². The zero-order valence-corrected chi connectivity index (χ0v) is 6.56. The van der Waals surface area contributed by atoms with E-state index in [0.29, 0.717) is 11.1 Å². The molecule has 0 atom stereocenters. The maximum atomic E-state index is 13.0. The number of aromatic nitrogens is 1. The molecular weight excluding hydrogens is 157 g/mol. The molecule has 0 saturated heterocycles. The fourth-order valence-electron chi connectivity index (χ4n) is 1.25. The monoisotopic (exact) mass is 165 g/mol. The van der Waals surface area contributed by atoms with Crippen LogP contribution in [0.15, 0.2) is 18.2 Å². The normalized spacial score (nSPS) is 10.8. The average Bonchev–Trinajstić information content (AvgIpc) is 2.30. The van der Waals surface area contributed by atoms with Gasteiger partial charge < -0.3 is 10.1 Å². The molecule has 0 spiro atoms. The van der Waals surface area contributed by atoms with E-state index in [9.17, 15) is 4.39 Å². The summed E-state index contributed by atoms with van der Waals surface area (Å²) in [4.78, 5) is 2.64. The van der Waals surface area contributed by atoms with Crippen LogP contribution in [0.1, 0.15) is 5.56 Å². The molecule has 0 unspecified atom stereocenters. The first-order valence-electron chi connectivity index (χ1n) is 3.64. The average molecular weight is 165 g/mol. The third kappa shape index (κ3) is 0.942. The summed E-state index contributed by atoms with van der Waals surface area (Å²) >= 11 is 0. The van der Waals surface area contributed by atoms with Gasteiger partial charge in [-0.3, -0.25) is 0 Å². The fourth-order valence-corrected chi connectivity index (χ4v) is 1.25. The van der Waals surface area contributed by atoms with Crippen molar-refractivity contribution >= 4 is 10.9 Å². The topological polar surface area (TPSA) is 36.0 Å². The van der Waals surface area contributed by atoms with Gasteiger partial charge in [-0.2, -0.15) is 0 Å². The quantitative estimate of drug-likeness (QED) is 0.617. The van der Waals surface area contributed by atoms with Crippen molar-refractivity contribution < 1.29 is 9.50 Å². The molecule has 0 aliphatic rings. The van der Waals surface area contributed by atoms with Crippen LogP contribution in [0.25, 0.3) is 10.9 Å². The van der Waals surface area contributed by atoms with Crippen LogP contribution < -0.4 is 0 Å². The SMILES string of the molecule is Cc1cc2cc(O)[nH]c2cc1F. The van der Waals surface area contributed by atoms with Crippen molar-refractivity contribution in [2.24, 2.45) is 0 Å². The summed E-state index contributed by atoms with van der Waals surface area (Å²) in [5.74, 6) is -0.195. The molecule has 2 N–H and O–H groups in total. The maximum Gasteiger partial charge on any atom is 0.189 e. The van der Waals surface area contributed by atoms with E-state index in [-0.39, 0.29) is 11.7 Å². The lowest BCUT2D eigenvalue weighted by molar-refractivity contribution is 0.458. The Morgan fingerprint density at radius 2 is 2.08 bits per heavy atom. The van der Waals surface area contributed by atoms with Gasteiger partial charge >= 0.3 is 0 Å². The number of aromatic hydroxyl groups is 1. The first kappa shape index (κ1) is 7.16. The number of hydrogen-bond donors (Lipinski definition) is 2. The lowest BCUT2D eigenvalue weighted by atomic mass is 10.2. The molecule has 0 fully saturated rings. The molecule has 62 valence electrons. The number of aromatic amines is 1. The Bertz CT molecular complexity index is 394. The summed E-state index contributed by atoms with van der Waals surface area (Å²) in [6.07, 6.45) is 0. The Morgan fingerprint density at radius 1 is 1.33 bits per heavy atom. The molecule has 12 heavy (non-hydrogen) atoms. The molecule has 2 aromatic rings. The highest BCUT2D eigenvalue weighted by molar-refractivity contribution is 5.82. The third-order valence-electron chi connectivity index (χ3n) is 1.89. The Kier molecular flexibility index (Phi) is 1.33. The predicted molar refractivity (Wildman–Crippen MR) is 44.7 cm³/mol. The molecule has 1 heterocycles. The minimum Gasteiger partial charge on any atom is -0.495 e. The maximum absolute atomic E-state index is 13.0. The Labute approximate surface area is 68.6 Å². The first-order valence-corrected chi connectivity index (χ1v) is 3.64. The van der Waals surface area contributed by atoms with E-state index in [1.54, 1.807) is 19.1 Å². The van der Waals surface area contributed by atoms with Crippen molar-refractivity contribution in [3.05, 3.63) is 29.6 Å². The predicted octanol–water partition coefficient (Wildman–Crippen LogP) is 2.32. The molecule has 0 saturated carbocycles. The van der Waals surface area contributed by atoms with Crippen LogP contribution in [0.2, 0.25) is 0 Å². The summed E-state index contributed by atoms with van der Waals surface area (Å²) in [6.45, 7) is 1.69. The molecule has 1 aromatic carbocycles. The van der Waals surface area contributed by atoms with Crippen LogP contribution >= 0.6 is 0 Å². The zero-order chi connectivity index (χ0) is 8.72. The molecular formula is C9H8FNO. The van der Waals surface area contributed by atoms with E-state index in [1.165, 1.54) is 6.07 Å².